The third kappa shape index (κ3) is 19.8. The van der Waals surface area contributed by atoms with Gasteiger partial charge in [-0.15, -0.1) is 0 Å². The molecule has 0 aromatic carbocycles. The summed E-state index contributed by atoms with van der Waals surface area (Å²) in [7, 11) is -2.47. The Morgan fingerprint density at radius 2 is 0.976 bits per heavy atom. The number of carbonyl (C=O) groups excluding carboxylic acids is 2. The monoisotopic (exact) mass is 630 g/mol. The lowest BCUT2D eigenvalue weighted by Gasteiger charge is -2.37. The summed E-state index contributed by atoms with van der Waals surface area (Å²) in [6.45, 7) is 36.1. The van der Waals surface area contributed by atoms with Gasteiger partial charge in [0.05, 0.1) is 41.6 Å². The van der Waals surface area contributed by atoms with Crippen LogP contribution in [0.2, 0.25) is 48.4 Å². The van der Waals surface area contributed by atoms with Gasteiger partial charge in [-0.25, -0.2) is 0 Å². The quantitative estimate of drug-likeness (QED) is 0.0850. The second-order valence-electron chi connectivity index (χ2n) is 14.9. The largest absolute Gasteiger partial charge is 0.389 e. The third-order valence-corrected chi connectivity index (χ3v) is 20.0. The normalized spacial score (nSPS) is 13.9. The molecule has 0 bridgehead atoms. The lowest BCUT2D eigenvalue weighted by Crippen LogP contribution is -2.37. The Balaban J connectivity index is 0. The van der Waals surface area contributed by atoms with Crippen LogP contribution in [0.25, 0.3) is 0 Å². The fourth-order valence-corrected chi connectivity index (χ4v) is 6.82. The van der Waals surface area contributed by atoms with E-state index < -0.39 is 28.4 Å². The Morgan fingerprint density at radius 3 is 1.21 bits per heavy atom. The molecule has 0 rings (SSSR count). The van der Waals surface area contributed by atoms with Crippen LogP contribution in [-0.2, 0) is 19.1 Å². The number of nitrogens with one attached hydrogen (secondary N) is 2. The lowest BCUT2D eigenvalue weighted by atomic mass is 10.2. The van der Waals surface area contributed by atoms with Gasteiger partial charge in [0, 0.05) is 37.4 Å². The van der Waals surface area contributed by atoms with Crippen molar-refractivity contribution in [3.05, 3.63) is 24.3 Å². The molecule has 0 fully saturated rings. The molecule has 2 amide bonds. The number of ether oxygens (including phenoxy) is 2. The summed E-state index contributed by atoms with van der Waals surface area (Å²) in [6, 6.07) is 2.44. The number of hydrogen-bond acceptors (Lipinski definition) is 6. The maximum absolute atomic E-state index is 11.3. The minimum absolute atomic E-state index is 0.202. The van der Waals surface area contributed by atoms with Crippen LogP contribution in [0.15, 0.2) is 24.3 Å². The van der Waals surface area contributed by atoms with Crippen molar-refractivity contribution in [3.63, 3.8) is 0 Å². The van der Waals surface area contributed by atoms with Crippen molar-refractivity contribution in [1.29, 1.82) is 0 Å². The van der Waals surface area contributed by atoms with Crippen LogP contribution in [0.4, 0.5) is 0 Å². The van der Waals surface area contributed by atoms with Gasteiger partial charge < -0.3 is 30.3 Å². The van der Waals surface area contributed by atoms with Gasteiger partial charge in [0.1, 0.15) is 0 Å². The van der Waals surface area contributed by atoms with Gasteiger partial charge in [0.25, 0.3) is 0 Å². The van der Waals surface area contributed by atoms with Gasteiger partial charge in [0.15, 0.2) is 0 Å². The maximum atomic E-state index is 11.3. The molecule has 10 heteroatoms. The van der Waals surface area contributed by atoms with Crippen molar-refractivity contribution in [1.82, 2.24) is 10.6 Å². The number of carbonyl (C=O) groups is 2. The summed E-state index contributed by atoms with van der Waals surface area (Å²) in [5.41, 5.74) is 0.884. The van der Waals surface area contributed by atoms with Crippen molar-refractivity contribution < 1.29 is 29.3 Å². The Hall–Kier alpha value is -1.31. The van der Waals surface area contributed by atoms with E-state index in [2.05, 4.69) is 91.5 Å². The van der Waals surface area contributed by atoms with E-state index in [0.29, 0.717) is 34.4 Å². The van der Waals surface area contributed by atoms with Crippen molar-refractivity contribution in [2.24, 2.45) is 0 Å². The summed E-state index contributed by atoms with van der Waals surface area (Å²) in [5, 5.41) is 25.4. The highest BCUT2D eigenvalue weighted by atomic mass is 28.3. The number of aliphatic hydroxyl groups excluding tert-OH is 2. The molecule has 0 heterocycles. The number of aliphatic hydroxyl groups is 2. The molecular formula is C32H66N2O6Si2. The summed E-state index contributed by atoms with van der Waals surface area (Å²) in [5.74, 6) is -0.459. The van der Waals surface area contributed by atoms with Crippen molar-refractivity contribution in [2.75, 3.05) is 39.5 Å². The average molecular weight is 631 g/mol. The molecule has 0 aromatic heterocycles. The van der Waals surface area contributed by atoms with E-state index in [0.717, 1.165) is 12.8 Å². The molecule has 8 nitrogen and oxygen atoms in total. The first kappa shape index (κ1) is 42.8. The Labute approximate surface area is 260 Å². The molecule has 0 aliphatic rings. The number of amides is 2. The van der Waals surface area contributed by atoms with Crippen LogP contribution < -0.4 is 10.6 Å². The van der Waals surface area contributed by atoms with Gasteiger partial charge >= 0.3 is 0 Å². The molecule has 0 aliphatic heterocycles. The maximum Gasteiger partial charge on any atom is 0.246 e. The first-order chi connectivity index (χ1) is 18.9. The van der Waals surface area contributed by atoms with Crippen LogP contribution in [0, 0.1) is 0 Å². The van der Waals surface area contributed by atoms with Crippen LogP contribution in [0.1, 0.15) is 68.2 Å². The fourth-order valence-electron chi connectivity index (χ4n) is 3.26. The second-order valence-corrected chi connectivity index (χ2v) is 26.4. The van der Waals surface area contributed by atoms with Gasteiger partial charge in [-0.05, 0) is 36.8 Å². The van der Waals surface area contributed by atoms with Gasteiger partial charge in [-0.2, -0.15) is 0 Å². The van der Waals surface area contributed by atoms with Gasteiger partial charge in [-0.1, -0.05) is 93.0 Å². The average Bonchev–Trinajstić information content (AvgIpc) is 2.84. The molecule has 0 aliphatic carbocycles. The van der Waals surface area contributed by atoms with Crippen molar-refractivity contribution in [3.8, 4) is 0 Å². The summed E-state index contributed by atoms with van der Waals surface area (Å²) < 4.78 is 11.0. The molecule has 0 aromatic rings. The first-order valence-corrected chi connectivity index (χ1v) is 21.7. The van der Waals surface area contributed by atoms with Gasteiger partial charge in [0.2, 0.25) is 11.8 Å². The highest BCUT2D eigenvalue weighted by Crippen LogP contribution is 2.40. The van der Waals surface area contributed by atoms with E-state index in [9.17, 15) is 19.8 Å². The second kappa shape index (κ2) is 19.9. The molecule has 2 atom stereocenters. The zero-order valence-electron chi connectivity index (χ0n) is 29.2. The Morgan fingerprint density at radius 1 is 0.690 bits per heavy atom. The lowest BCUT2D eigenvalue weighted by molar-refractivity contribution is -0.118. The molecule has 0 spiro atoms. The zero-order valence-corrected chi connectivity index (χ0v) is 31.2. The van der Waals surface area contributed by atoms with E-state index in [1.54, 1.807) is 13.8 Å². The molecule has 0 radical (unpaired) electrons. The zero-order chi connectivity index (χ0) is 33.4. The topological polar surface area (TPSA) is 117 Å². The van der Waals surface area contributed by atoms with Crippen molar-refractivity contribution in [2.45, 2.75) is 129 Å². The Bertz CT molecular complexity index is 764. The van der Waals surface area contributed by atoms with E-state index in [1.807, 2.05) is 0 Å². The van der Waals surface area contributed by atoms with Crippen molar-refractivity contribution >= 4 is 28.0 Å². The molecular weight excluding hydrogens is 565 g/mol. The number of rotatable bonds is 18. The SMILES string of the molecule is C=C(C)C(=O)NCC(O)COCCC[Si](C)(C)C(C)(C)C.C=C(C)C(=O)NCC(O)COCCC[Si](C)(C)C(C)(C)C. The van der Waals surface area contributed by atoms with E-state index in [-0.39, 0.29) is 38.1 Å². The first-order valence-electron chi connectivity index (χ1n) is 15.3. The summed E-state index contributed by atoms with van der Waals surface area (Å²) >= 11 is 0. The molecule has 0 saturated carbocycles. The van der Waals surface area contributed by atoms with Crippen LogP contribution in [-0.4, -0.2) is 89.9 Å². The highest BCUT2D eigenvalue weighted by molar-refractivity contribution is 6.80. The fraction of sp³-hybridized carbons (Fsp3) is 0.812. The molecule has 2 unspecified atom stereocenters. The van der Waals surface area contributed by atoms with E-state index in [1.165, 1.54) is 12.1 Å². The smallest absolute Gasteiger partial charge is 0.246 e. The standard InChI is InChI=1S/2C16H33NO3Si/c2*1-13(2)15(19)17-11-14(18)12-20-9-8-10-21(6,7)16(3,4)5/h2*14,18H,1,8-12H2,2-7H3,(H,17,19). The predicted molar refractivity (Wildman–Crippen MR) is 183 cm³/mol. The van der Waals surface area contributed by atoms with E-state index >= 15 is 0 Å². The molecule has 42 heavy (non-hydrogen) atoms. The third-order valence-electron chi connectivity index (χ3n) is 8.63. The van der Waals surface area contributed by atoms with Crippen LogP contribution in [0.3, 0.4) is 0 Å². The molecule has 4 N–H and O–H groups in total. The minimum atomic E-state index is -1.23. The Kier molecular flexibility index (Phi) is 20.3. The van der Waals surface area contributed by atoms with E-state index in [4.69, 9.17) is 9.47 Å². The highest BCUT2D eigenvalue weighted by Gasteiger charge is 2.34. The molecule has 0 saturated heterocycles. The van der Waals surface area contributed by atoms with Gasteiger partial charge in [-0.3, -0.25) is 9.59 Å². The molecule has 248 valence electrons. The van der Waals surface area contributed by atoms with Crippen LogP contribution in [0.5, 0.6) is 0 Å². The number of hydrogen-bond donors (Lipinski definition) is 4. The minimum Gasteiger partial charge on any atom is -0.389 e. The summed E-state index contributed by atoms with van der Waals surface area (Å²) in [6.07, 6.45) is 0.727. The van der Waals surface area contributed by atoms with Crippen LogP contribution >= 0.6 is 0 Å². The predicted octanol–water partition coefficient (Wildman–Crippen LogP) is 5.91. The summed E-state index contributed by atoms with van der Waals surface area (Å²) in [4.78, 5) is 22.5.